The third kappa shape index (κ3) is 15.5. The van der Waals surface area contributed by atoms with Crippen molar-refractivity contribution in [2.45, 2.75) is 45.1 Å². The summed E-state index contributed by atoms with van der Waals surface area (Å²) in [5, 5.41) is 8.78. The third-order valence-corrected chi connectivity index (χ3v) is 4.24. The SMILES string of the molecule is CCCCCCCOC[C@H](COP(=O)([O-])OCC[N+](C)(C)C)OO. The Kier molecular flexibility index (Phi) is 13.2. The van der Waals surface area contributed by atoms with Gasteiger partial charge in [0.1, 0.15) is 19.3 Å². The zero-order chi connectivity index (χ0) is 18.5. The number of quaternary nitrogens is 1. The van der Waals surface area contributed by atoms with Gasteiger partial charge in [-0.05, 0) is 6.42 Å². The minimum absolute atomic E-state index is 0.0309. The van der Waals surface area contributed by atoms with Gasteiger partial charge in [-0.1, -0.05) is 32.6 Å². The molecule has 0 aromatic rings. The van der Waals surface area contributed by atoms with E-state index in [4.69, 9.17) is 19.0 Å². The van der Waals surface area contributed by atoms with Gasteiger partial charge in [-0.25, -0.2) is 4.89 Å². The number of nitrogens with zero attached hydrogens (tertiary/aromatic N) is 1. The average Bonchev–Trinajstić information content (AvgIpc) is 2.47. The van der Waals surface area contributed by atoms with E-state index in [1.54, 1.807) is 0 Å². The highest BCUT2D eigenvalue weighted by Gasteiger charge is 2.17. The number of hydrogen-bond acceptors (Lipinski definition) is 7. The van der Waals surface area contributed by atoms with Crippen molar-refractivity contribution in [2.75, 3.05) is 54.1 Å². The summed E-state index contributed by atoms with van der Waals surface area (Å²) in [5.41, 5.74) is 0. The van der Waals surface area contributed by atoms with Crippen molar-refractivity contribution >= 4 is 7.82 Å². The standard InChI is InChI=1S/C15H34NO7P/c1-5-6-7-8-9-11-20-13-15(23-17)14-22-24(18,19)21-12-10-16(2,3)4/h15H,5-14H2,1-4H3,(H-,17,18,19)/t15-/m1/s1. The van der Waals surface area contributed by atoms with Crippen LogP contribution in [0.3, 0.4) is 0 Å². The summed E-state index contributed by atoms with van der Waals surface area (Å²) in [6.45, 7) is 2.96. The van der Waals surface area contributed by atoms with E-state index in [-0.39, 0.29) is 19.8 Å². The average molecular weight is 371 g/mol. The Bertz CT molecular complexity index is 349. The highest BCUT2D eigenvalue weighted by molar-refractivity contribution is 7.45. The topological polar surface area (TPSA) is 97.3 Å². The molecule has 8 nitrogen and oxygen atoms in total. The zero-order valence-electron chi connectivity index (χ0n) is 15.4. The van der Waals surface area contributed by atoms with E-state index in [1.165, 1.54) is 19.3 Å². The van der Waals surface area contributed by atoms with Crippen LogP contribution in [0.1, 0.15) is 39.0 Å². The lowest BCUT2D eigenvalue weighted by Crippen LogP contribution is -2.37. The van der Waals surface area contributed by atoms with E-state index < -0.39 is 13.9 Å². The van der Waals surface area contributed by atoms with Crippen molar-refractivity contribution in [3.63, 3.8) is 0 Å². The lowest BCUT2D eigenvalue weighted by Gasteiger charge is -2.27. The highest BCUT2D eigenvalue weighted by atomic mass is 31.2. The van der Waals surface area contributed by atoms with Gasteiger partial charge in [0.25, 0.3) is 7.82 Å². The Balaban J connectivity index is 3.84. The van der Waals surface area contributed by atoms with E-state index in [9.17, 15) is 9.46 Å². The van der Waals surface area contributed by atoms with Crippen LogP contribution in [-0.4, -0.2) is 70.0 Å². The Hall–Kier alpha value is -0.0500. The maximum atomic E-state index is 11.6. The second-order valence-corrected chi connectivity index (χ2v) is 8.22. The second-order valence-electron chi connectivity index (χ2n) is 6.81. The van der Waals surface area contributed by atoms with Crippen LogP contribution in [0, 0.1) is 0 Å². The third-order valence-electron chi connectivity index (χ3n) is 3.28. The number of phosphoric ester groups is 1. The van der Waals surface area contributed by atoms with Crippen LogP contribution in [-0.2, 0) is 23.2 Å². The molecule has 0 bridgehead atoms. The summed E-state index contributed by atoms with van der Waals surface area (Å²) in [6, 6.07) is 0. The molecule has 0 aliphatic heterocycles. The molecule has 9 heteroatoms. The molecule has 2 atom stereocenters. The molecule has 0 saturated heterocycles. The van der Waals surface area contributed by atoms with Gasteiger partial charge in [-0.2, -0.15) is 0 Å². The first-order valence-electron chi connectivity index (χ1n) is 8.48. The minimum atomic E-state index is -4.41. The fourth-order valence-corrected chi connectivity index (χ4v) is 2.50. The number of unbranched alkanes of at least 4 members (excludes halogenated alkanes) is 4. The summed E-state index contributed by atoms with van der Waals surface area (Å²) in [5.74, 6) is 0. The molecular weight excluding hydrogens is 337 g/mol. The number of hydrogen-bond donors (Lipinski definition) is 1. The molecule has 24 heavy (non-hydrogen) atoms. The number of phosphoric acid groups is 1. The van der Waals surface area contributed by atoms with Gasteiger partial charge in [0.15, 0.2) is 0 Å². The molecule has 0 aliphatic rings. The lowest BCUT2D eigenvalue weighted by molar-refractivity contribution is -0.870. The Morgan fingerprint density at radius 2 is 1.71 bits per heavy atom. The first-order valence-corrected chi connectivity index (χ1v) is 9.95. The van der Waals surface area contributed by atoms with Crippen molar-refractivity contribution < 1.29 is 37.9 Å². The van der Waals surface area contributed by atoms with Gasteiger partial charge >= 0.3 is 0 Å². The number of ether oxygens (including phenoxy) is 1. The van der Waals surface area contributed by atoms with Gasteiger partial charge in [0.2, 0.25) is 0 Å². The molecule has 0 rings (SSSR count). The van der Waals surface area contributed by atoms with Crippen LogP contribution < -0.4 is 4.89 Å². The first-order chi connectivity index (χ1) is 11.2. The summed E-state index contributed by atoms with van der Waals surface area (Å²) < 4.78 is 27.0. The molecule has 0 radical (unpaired) electrons. The monoisotopic (exact) mass is 371 g/mol. The molecule has 0 saturated carbocycles. The summed E-state index contributed by atoms with van der Waals surface area (Å²) in [4.78, 5) is 15.8. The molecule has 0 spiro atoms. The molecule has 0 amide bonds. The smallest absolute Gasteiger partial charge is 0.268 e. The molecule has 0 aromatic carbocycles. The maximum absolute atomic E-state index is 11.6. The van der Waals surface area contributed by atoms with Gasteiger partial charge in [0.05, 0.1) is 34.4 Å². The van der Waals surface area contributed by atoms with Crippen molar-refractivity contribution in [2.24, 2.45) is 0 Å². The van der Waals surface area contributed by atoms with Crippen LogP contribution in [0.2, 0.25) is 0 Å². The van der Waals surface area contributed by atoms with Crippen LogP contribution in [0.15, 0.2) is 0 Å². The second kappa shape index (κ2) is 13.2. The predicted octanol–water partition coefficient (Wildman–Crippen LogP) is 2.04. The van der Waals surface area contributed by atoms with E-state index in [0.717, 1.165) is 12.8 Å². The van der Waals surface area contributed by atoms with E-state index >= 15 is 0 Å². The normalized spacial score (nSPS) is 16.1. The molecular formula is C15H34NO7P. The quantitative estimate of drug-likeness (QED) is 0.146. The van der Waals surface area contributed by atoms with Crippen molar-refractivity contribution in [1.29, 1.82) is 0 Å². The predicted molar refractivity (Wildman–Crippen MR) is 89.5 cm³/mol. The van der Waals surface area contributed by atoms with Gasteiger partial charge in [-0.15, -0.1) is 0 Å². The van der Waals surface area contributed by atoms with Gasteiger partial charge in [-0.3, -0.25) is 9.82 Å². The Morgan fingerprint density at radius 1 is 1.04 bits per heavy atom. The van der Waals surface area contributed by atoms with E-state index in [2.05, 4.69) is 11.8 Å². The van der Waals surface area contributed by atoms with Crippen molar-refractivity contribution in [3.8, 4) is 0 Å². The van der Waals surface area contributed by atoms with Gasteiger partial charge in [0, 0.05) is 6.61 Å². The van der Waals surface area contributed by atoms with E-state index in [0.29, 0.717) is 17.6 Å². The van der Waals surface area contributed by atoms with Crippen LogP contribution in [0.5, 0.6) is 0 Å². The largest absolute Gasteiger partial charge is 0.756 e. The lowest BCUT2D eigenvalue weighted by atomic mass is 10.2. The Morgan fingerprint density at radius 3 is 2.29 bits per heavy atom. The highest BCUT2D eigenvalue weighted by Crippen LogP contribution is 2.38. The van der Waals surface area contributed by atoms with Crippen molar-refractivity contribution in [1.82, 2.24) is 0 Å². The fraction of sp³-hybridized carbons (Fsp3) is 1.00. The zero-order valence-corrected chi connectivity index (χ0v) is 16.3. The fourth-order valence-electron chi connectivity index (χ4n) is 1.77. The molecule has 0 fully saturated rings. The molecule has 0 heterocycles. The van der Waals surface area contributed by atoms with Crippen LogP contribution in [0.4, 0.5) is 0 Å². The molecule has 0 aromatic heterocycles. The van der Waals surface area contributed by atoms with Crippen molar-refractivity contribution in [3.05, 3.63) is 0 Å². The molecule has 1 unspecified atom stereocenters. The minimum Gasteiger partial charge on any atom is -0.756 e. The number of rotatable bonds is 16. The summed E-state index contributed by atoms with van der Waals surface area (Å²) in [6.07, 6.45) is 4.71. The molecule has 0 aliphatic carbocycles. The van der Waals surface area contributed by atoms with E-state index in [1.807, 2.05) is 21.1 Å². The Labute approximate surface area is 145 Å². The molecule has 1 N–H and O–H groups in total. The summed E-state index contributed by atoms with van der Waals surface area (Å²) in [7, 11) is 1.37. The van der Waals surface area contributed by atoms with Crippen LogP contribution >= 0.6 is 7.82 Å². The first kappa shape index (κ1) is 23.9. The molecule has 146 valence electrons. The maximum Gasteiger partial charge on any atom is 0.268 e. The number of likely N-dealkylation sites (N-methyl/N-ethyl adjacent to an activating group) is 1. The van der Waals surface area contributed by atoms with Gasteiger partial charge < -0.3 is 23.2 Å². The van der Waals surface area contributed by atoms with Crippen LogP contribution in [0.25, 0.3) is 0 Å². The summed E-state index contributed by atoms with van der Waals surface area (Å²) >= 11 is 0.